The van der Waals surface area contributed by atoms with Gasteiger partial charge in [-0.1, -0.05) is 0 Å². The van der Waals surface area contributed by atoms with Gasteiger partial charge in [0.05, 0.1) is 25.5 Å². The number of benzene rings is 1. The van der Waals surface area contributed by atoms with Gasteiger partial charge in [-0.3, -0.25) is 4.99 Å². The molecule has 0 bridgehead atoms. The summed E-state index contributed by atoms with van der Waals surface area (Å²) in [6.45, 7) is 9.36. The molecule has 2 heterocycles. The molecule has 0 saturated carbocycles. The predicted molar refractivity (Wildman–Crippen MR) is 130 cm³/mol. The van der Waals surface area contributed by atoms with Crippen LogP contribution in [0.1, 0.15) is 18.6 Å². The third-order valence-corrected chi connectivity index (χ3v) is 5.03. The summed E-state index contributed by atoms with van der Waals surface area (Å²) in [5, 5.41) is 14.8. The van der Waals surface area contributed by atoms with Crippen LogP contribution in [-0.4, -0.2) is 90.8 Å². The molecule has 1 aliphatic rings. The molecule has 1 fully saturated rings. The zero-order valence-corrected chi connectivity index (χ0v) is 19.5. The lowest BCUT2D eigenvalue weighted by molar-refractivity contribution is 0.0532. The van der Waals surface area contributed by atoms with Gasteiger partial charge >= 0.3 is 0 Å². The number of morpholine rings is 1. The predicted octanol–water partition coefficient (Wildman–Crippen LogP) is 1.72. The number of aliphatic hydroxyl groups excluding tert-OH is 1. The topological polar surface area (TPSA) is 114 Å². The number of anilines is 1. The Hall–Kier alpha value is -3.21. The number of hydrogen-bond donors (Lipinski definition) is 2. The number of nitrogen functional groups attached to an aromatic ring is 1. The molecule has 1 atom stereocenters. The second kappa shape index (κ2) is 11.6. The first-order valence-corrected chi connectivity index (χ1v) is 10.9. The minimum atomic E-state index is -0.651. The Balaban J connectivity index is 1.90. The van der Waals surface area contributed by atoms with Crippen LogP contribution in [0.2, 0.25) is 0 Å². The first-order valence-electron chi connectivity index (χ1n) is 10.9. The van der Waals surface area contributed by atoms with E-state index in [4.69, 9.17) is 15.2 Å². The highest BCUT2D eigenvalue weighted by Crippen LogP contribution is 2.27. The molecular formula is C23H33N7O3. The molecule has 1 aromatic heterocycles. The molecule has 178 valence electrons. The SMILES string of the molecule is C=N/C(=C\C(=N/CC)Oc1cc(N)ccc1-n1cc(C(O)CN(C)C)cn1)N1CCOCC1. The highest BCUT2D eigenvalue weighted by atomic mass is 16.5. The van der Waals surface area contributed by atoms with Crippen LogP contribution in [0, 0.1) is 0 Å². The molecule has 3 N–H and O–H groups in total. The van der Waals surface area contributed by atoms with Crippen molar-refractivity contribution in [2.24, 2.45) is 9.98 Å². The van der Waals surface area contributed by atoms with Gasteiger partial charge in [0.25, 0.3) is 0 Å². The number of hydrogen-bond acceptors (Lipinski definition) is 9. The molecule has 2 aromatic rings. The van der Waals surface area contributed by atoms with Crippen LogP contribution in [0.4, 0.5) is 5.69 Å². The Kier molecular flexibility index (Phi) is 8.58. The standard InChI is InChI=1S/C23H33N7O3/c1-5-26-23(13-22(25-2)29-8-10-32-11-9-29)33-21-12-18(24)6-7-19(21)30-15-17(14-27-30)20(31)16-28(3)4/h6-7,12-15,20,31H,2,5,8-11,16,24H2,1,3-4H3/b22-13+,26-23+. The first-order chi connectivity index (χ1) is 15.9. The van der Waals surface area contributed by atoms with Crippen molar-refractivity contribution in [2.75, 3.05) is 59.2 Å². The number of ether oxygens (including phenoxy) is 2. The van der Waals surface area contributed by atoms with Crippen LogP contribution in [0.15, 0.2) is 52.5 Å². The van der Waals surface area contributed by atoms with E-state index in [1.54, 1.807) is 35.3 Å². The average molecular weight is 456 g/mol. The lowest BCUT2D eigenvalue weighted by Gasteiger charge is -2.28. The van der Waals surface area contributed by atoms with E-state index in [-0.39, 0.29) is 0 Å². The number of rotatable bonds is 9. The number of aromatic nitrogens is 2. The Bertz CT molecular complexity index is 994. The smallest absolute Gasteiger partial charge is 0.218 e. The molecule has 3 rings (SSSR count). The van der Waals surface area contributed by atoms with Gasteiger partial charge in [0, 0.05) is 55.8 Å². The minimum Gasteiger partial charge on any atom is -0.437 e. The van der Waals surface area contributed by atoms with Gasteiger partial charge in [-0.15, -0.1) is 0 Å². The van der Waals surface area contributed by atoms with Gasteiger partial charge < -0.3 is 30.1 Å². The highest BCUT2D eigenvalue weighted by molar-refractivity contribution is 5.90. The molecule has 0 aliphatic carbocycles. The van der Waals surface area contributed by atoms with E-state index >= 15 is 0 Å². The van der Waals surface area contributed by atoms with Crippen molar-refractivity contribution in [3.05, 3.63) is 48.1 Å². The van der Waals surface area contributed by atoms with Gasteiger partial charge in [-0.05, 0) is 39.9 Å². The van der Waals surface area contributed by atoms with Crippen LogP contribution in [0.3, 0.4) is 0 Å². The summed E-state index contributed by atoms with van der Waals surface area (Å²) >= 11 is 0. The van der Waals surface area contributed by atoms with Crippen molar-refractivity contribution in [3.63, 3.8) is 0 Å². The maximum atomic E-state index is 10.4. The molecule has 1 aliphatic heterocycles. The fraction of sp³-hybridized carbons (Fsp3) is 0.435. The molecule has 10 nitrogen and oxygen atoms in total. The third-order valence-electron chi connectivity index (χ3n) is 5.03. The van der Waals surface area contributed by atoms with Gasteiger partial charge in [-0.25, -0.2) is 9.67 Å². The van der Waals surface area contributed by atoms with Gasteiger partial charge in [0.15, 0.2) is 5.75 Å². The maximum absolute atomic E-state index is 10.4. The van der Waals surface area contributed by atoms with Crippen molar-refractivity contribution in [2.45, 2.75) is 13.0 Å². The summed E-state index contributed by atoms with van der Waals surface area (Å²) in [5.74, 6) is 1.54. The summed E-state index contributed by atoms with van der Waals surface area (Å²) in [6.07, 6.45) is 4.54. The fourth-order valence-corrected chi connectivity index (χ4v) is 3.41. The monoisotopic (exact) mass is 455 g/mol. The lowest BCUT2D eigenvalue weighted by atomic mass is 10.2. The number of likely N-dealkylation sites (N-methyl/N-ethyl adjacent to an activating group) is 1. The average Bonchev–Trinajstić information content (AvgIpc) is 3.28. The molecule has 1 saturated heterocycles. The Labute approximate surface area is 194 Å². The number of nitrogens with two attached hydrogens (primary N) is 1. The summed E-state index contributed by atoms with van der Waals surface area (Å²) in [5.41, 5.74) is 7.97. The van der Waals surface area contributed by atoms with Crippen molar-refractivity contribution in [1.29, 1.82) is 0 Å². The van der Waals surface area contributed by atoms with Gasteiger partial charge in [0.1, 0.15) is 11.5 Å². The number of aliphatic imine (C=N–C) groups is 2. The number of nitrogens with zero attached hydrogens (tertiary/aromatic N) is 6. The zero-order valence-electron chi connectivity index (χ0n) is 19.5. The molecule has 33 heavy (non-hydrogen) atoms. The third kappa shape index (κ3) is 6.64. The largest absolute Gasteiger partial charge is 0.437 e. The van der Waals surface area contributed by atoms with Crippen molar-refractivity contribution < 1.29 is 14.6 Å². The Morgan fingerprint density at radius 2 is 2.15 bits per heavy atom. The summed E-state index contributed by atoms with van der Waals surface area (Å²) in [6, 6.07) is 5.32. The minimum absolute atomic E-state index is 0.387. The molecule has 0 amide bonds. The summed E-state index contributed by atoms with van der Waals surface area (Å²) < 4.78 is 13.3. The second-order valence-electron chi connectivity index (χ2n) is 7.90. The van der Waals surface area contributed by atoms with Crippen LogP contribution in [0.25, 0.3) is 5.69 Å². The van der Waals surface area contributed by atoms with Crippen LogP contribution in [-0.2, 0) is 4.74 Å². The fourth-order valence-electron chi connectivity index (χ4n) is 3.41. The van der Waals surface area contributed by atoms with Gasteiger partial charge in [-0.2, -0.15) is 5.10 Å². The van der Waals surface area contributed by atoms with E-state index in [2.05, 4.69) is 26.7 Å². The van der Waals surface area contributed by atoms with Crippen LogP contribution >= 0.6 is 0 Å². The van der Waals surface area contributed by atoms with E-state index in [0.717, 1.165) is 13.1 Å². The molecular weight excluding hydrogens is 422 g/mol. The summed E-state index contributed by atoms with van der Waals surface area (Å²) in [7, 11) is 3.82. The van der Waals surface area contributed by atoms with Crippen LogP contribution < -0.4 is 10.5 Å². The van der Waals surface area contributed by atoms with E-state index in [0.29, 0.717) is 60.7 Å². The van der Waals surface area contributed by atoms with E-state index in [9.17, 15) is 5.11 Å². The number of aliphatic hydroxyl groups is 1. The molecule has 1 unspecified atom stereocenters. The zero-order chi connectivity index (χ0) is 23.8. The Morgan fingerprint density at radius 1 is 1.39 bits per heavy atom. The molecule has 0 radical (unpaired) electrons. The molecule has 1 aromatic carbocycles. The molecule has 0 spiro atoms. The lowest BCUT2D eigenvalue weighted by Crippen LogP contribution is -2.35. The Morgan fingerprint density at radius 3 is 2.82 bits per heavy atom. The maximum Gasteiger partial charge on any atom is 0.218 e. The van der Waals surface area contributed by atoms with Gasteiger partial charge in [0.2, 0.25) is 5.90 Å². The van der Waals surface area contributed by atoms with E-state index in [1.807, 2.05) is 32.0 Å². The summed E-state index contributed by atoms with van der Waals surface area (Å²) in [4.78, 5) is 12.7. The second-order valence-corrected chi connectivity index (χ2v) is 7.90. The highest BCUT2D eigenvalue weighted by Gasteiger charge is 2.17. The normalized spacial score (nSPS) is 16.2. The van der Waals surface area contributed by atoms with Crippen molar-refractivity contribution >= 4 is 18.3 Å². The van der Waals surface area contributed by atoms with Crippen molar-refractivity contribution in [3.8, 4) is 11.4 Å². The molecule has 10 heteroatoms. The quantitative estimate of drug-likeness (QED) is 0.336. The van der Waals surface area contributed by atoms with E-state index in [1.165, 1.54) is 0 Å². The van der Waals surface area contributed by atoms with E-state index < -0.39 is 6.10 Å². The first kappa shape index (κ1) is 24.4. The van der Waals surface area contributed by atoms with Crippen molar-refractivity contribution in [1.82, 2.24) is 19.6 Å². The van der Waals surface area contributed by atoms with Crippen LogP contribution in [0.5, 0.6) is 5.75 Å².